The zero-order chi connectivity index (χ0) is 33.0. The van der Waals surface area contributed by atoms with Crippen LogP contribution in [0.25, 0.3) is 50.0 Å². The van der Waals surface area contributed by atoms with E-state index in [1.165, 1.54) is 55.4 Å². The van der Waals surface area contributed by atoms with Gasteiger partial charge in [-0.1, -0.05) is 129 Å². The van der Waals surface area contributed by atoms with Gasteiger partial charge in [0.2, 0.25) is 0 Å². The van der Waals surface area contributed by atoms with Crippen molar-refractivity contribution in [2.45, 2.75) is 19.3 Å². The van der Waals surface area contributed by atoms with Gasteiger partial charge in [-0.3, -0.25) is 0 Å². The molecule has 0 saturated heterocycles. The Morgan fingerprint density at radius 2 is 0.959 bits per heavy atom. The summed E-state index contributed by atoms with van der Waals surface area (Å²) in [5.41, 5.74) is 16.0. The van der Waals surface area contributed by atoms with Crippen LogP contribution >= 0.6 is 0 Å². The monoisotopic (exact) mass is 628 g/mol. The zero-order valence-electron chi connectivity index (χ0n) is 27.7. The van der Waals surface area contributed by atoms with Crippen LogP contribution in [0.2, 0.25) is 0 Å². The molecule has 7 aromatic carbocycles. The Balaban J connectivity index is 1.09. The minimum atomic E-state index is -0.0757. The highest BCUT2D eigenvalue weighted by Crippen LogP contribution is 2.50. The smallest absolute Gasteiger partial charge is 0.0528 e. The molecule has 49 heavy (non-hydrogen) atoms. The lowest BCUT2D eigenvalue weighted by Gasteiger charge is -2.28. The van der Waals surface area contributed by atoms with Crippen molar-refractivity contribution in [3.8, 4) is 39.1 Å². The van der Waals surface area contributed by atoms with Crippen molar-refractivity contribution in [1.82, 2.24) is 4.57 Å². The van der Waals surface area contributed by atoms with Gasteiger partial charge in [0.05, 0.1) is 5.52 Å². The summed E-state index contributed by atoms with van der Waals surface area (Å²) < 4.78 is 2.25. The molecule has 2 heteroatoms. The summed E-state index contributed by atoms with van der Waals surface area (Å²) in [5.74, 6) is 0. The third-order valence-corrected chi connectivity index (χ3v) is 10.3. The molecular weight excluding hydrogens is 593 g/mol. The maximum Gasteiger partial charge on any atom is 0.0528 e. The van der Waals surface area contributed by atoms with Crippen LogP contribution in [0.15, 0.2) is 182 Å². The molecule has 234 valence electrons. The fraction of sp³-hybridized carbons (Fsp3) is 0.0638. The first kappa shape index (κ1) is 29.1. The summed E-state index contributed by atoms with van der Waals surface area (Å²) in [6, 6.07) is 63.9. The summed E-state index contributed by atoms with van der Waals surface area (Å²) in [6.45, 7) is 4.69. The molecule has 2 nitrogen and oxygen atoms in total. The number of hydrogen-bond donors (Lipinski definition) is 0. The van der Waals surface area contributed by atoms with E-state index in [1.807, 2.05) is 0 Å². The lowest BCUT2D eigenvalue weighted by atomic mass is 9.82. The largest absolute Gasteiger partial charge is 0.317 e. The summed E-state index contributed by atoms with van der Waals surface area (Å²) in [4.78, 5) is 2.39. The van der Waals surface area contributed by atoms with E-state index < -0.39 is 0 Å². The first-order valence-corrected chi connectivity index (χ1v) is 17.0. The van der Waals surface area contributed by atoms with Gasteiger partial charge in [0.15, 0.2) is 0 Å². The molecule has 1 aromatic heterocycles. The van der Waals surface area contributed by atoms with Gasteiger partial charge in [-0.15, -0.1) is 0 Å². The van der Waals surface area contributed by atoms with Crippen molar-refractivity contribution in [2.24, 2.45) is 0 Å². The third-order valence-electron chi connectivity index (χ3n) is 10.3. The SMILES string of the molecule is CC1(C)c2ccccc2-c2ccc(N(c3ccc(-c4ccccc4)cc3)c3ccc(-c4ccc(-n5ccc6ccccc65)cc4)cc3)cc21. The summed E-state index contributed by atoms with van der Waals surface area (Å²) in [6.07, 6.45) is 2.15. The predicted octanol–water partition coefficient (Wildman–Crippen LogP) is 12.7. The van der Waals surface area contributed by atoms with Crippen molar-refractivity contribution >= 4 is 28.0 Å². The van der Waals surface area contributed by atoms with Crippen LogP contribution in [-0.4, -0.2) is 4.57 Å². The van der Waals surface area contributed by atoms with E-state index in [-0.39, 0.29) is 5.41 Å². The van der Waals surface area contributed by atoms with Gasteiger partial charge in [0, 0.05) is 34.4 Å². The number of aromatic nitrogens is 1. The lowest BCUT2D eigenvalue weighted by molar-refractivity contribution is 0.660. The second kappa shape index (κ2) is 11.5. The normalized spacial score (nSPS) is 12.9. The number of benzene rings is 7. The zero-order valence-corrected chi connectivity index (χ0v) is 27.7. The molecule has 1 heterocycles. The summed E-state index contributed by atoms with van der Waals surface area (Å²) in [7, 11) is 0. The maximum atomic E-state index is 2.40. The van der Waals surface area contributed by atoms with Gasteiger partial charge in [0.1, 0.15) is 0 Å². The van der Waals surface area contributed by atoms with Crippen LogP contribution in [0.3, 0.4) is 0 Å². The Morgan fingerprint density at radius 1 is 0.429 bits per heavy atom. The van der Waals surface area contributed by atoms with E-state index in [9.17, 15) is 0 Å². The number of para-hydroxylation sites is 1. The van der Waals surface area contributed by atoms with Crippen molar-refractivity contribution in [1.29, 1.82) is 0 Å². The standard InChI is InChI=1S/C47H36N2/c1-47(2)44-14-8-7-13-42(44)43-29-28-41(32-45(43)47)49(39-24-18-34(19-25-39)33-10-4-3-5-11-33)40-26-20-36(21-27-40)35-16-22-38(23-17-35)48-31-30-37-12-6-9-15-46(37)48/h3-32H,1-2H3. The summed E-state index contributed by atoms with van der Waals surface area (Å²) in [5, 5.41) is 1.25. The molecular formula is C47H36N2. The van der Waals surface area contributed by atoms with Gasteiger partial charge in [-0.2, -0.15) is 0 Å². The Hall–Kier alpha value is -6.12. The van der Waals surface area contributed by atoms with Gasteiger partial charge in [-0.25, -0.2) is 0 Å². The molecule has 0 fully saturated rings. The highest BCUT2D eigenvalue weighted by molar-refractivity contribution is 5.86. The minimum Gasteiger partial charge on any atom is -0.317 e. The average Bonchev–Trinajstić information content (AvgIpc) is 3.69. The highest BCUT2D eigenvalue weighted by Gasteiger charge is 2.35. The molecule has 0 amide bonds. The molecule has 0 spiro atoms. The van der Waals surface area contributed by atoms with E-state index >= 15 is 0 Å². The van der Waals surface area contributed by atoms with Crippen LogP contribution in [0, 0.1) is 0 Å². The Kier molecular flexibility index (Phi) is 6.84. The van der Waals surface area contributed by atoms with Crippen molar-refractivity contribution in [3.05, 3.63) is 193 Å². The molecule has 1 aliphatic carbocycles. The molecule has 9 rings (SSSR count). The van der Waals surface area contributed by atoms with E-state index in [1.54, 1.807) is 0 Å². The van der Waals surface area contributed by atoms with E-state index in [2.05, 4.69) is 205 Å². The highest BCUT2D eigenvalue weighted by atomic mass is 15.1. The molecule has 0 aliphatic heterocycles. The second-order valence-corrected chi connectivity index (χ2v) is 13.5. The van der Waals surface area contributed by atoms with E-state index in [4.69, 9.17) is 0 Å². The molecule has 0 saturated carbocycles. The molecule has 8 aromatic rings. The molecule has 0 unspecified atom stereocenters. The molecule has 0 radical (unpaired) electrons. The third kappa shape index (κ3) is 4.96. The number of anilines is 3. The molecule has 0 atom stereocenters. The number of fused-ring (bicyclic) bond motifs is 4. The van der Waals surface area contributed by atoms with Crippen LogP contribution in [-0.2, 0) is 5.41 Å². The molecule has 1 aliphatic rings. The average molecular weight is 629 g/mol. The molecule has 0 bridgehead atoms. The van der Waals surface area contributed by atoms with Gasteiger partial charge in [0.25, 0.3) is 0 Å². The fourth-order valence-electron chi connectivity index (χ4n) is 7.64. The number of rotatable bonds is 6. The van der Waals surface area contributed by atoms with Crippen molar-refractivity contribution in [2.75, 3.05) is 4.90 Å². The first-order chi connectivity index (χ1) is 24.0. The van der Waals surface area contributed by atoms with Gasteiger partial charge >= 0.3 is 0 Å². The Morgan fingerprint density at radius 3 is 1.65 bits per heavy atom. The maximum absolute atomic E-state index is 2.40. The number of hydrogen-bond acceptors (Lipinski definition) is 1. The topological polar surface area (TPSA) is 8.17 Å². The molecule has 0 N–H and O–H groups in total. The Labute approximate surface area is 288 Å². The second-order valence-electron chi connectivity index (χ2n) is 13.5. The number of nitrogens with zero attached hydrogens (tertiary/aromatic N) is 2. The van der Waals surface area contributed by atoms with Crippen LogP contribution in [0.1, 0.15) is 25.0 Å². The van der Waals surface area contributed by atoms with Gasteiger partial charge < -0.3 is 9.47 Å². The first-order valence-electron chi connectivity index (χ1n) is 17.0. The lowest BCUT2D eigenvalue weighted by Crippen LogP contribution is -2.16. The van der Waals surface area contributed by atoms with Crippen molar-refractivity contribution < 1.29 is 0 Å². The quantitative estimate of drug-likeness (QED) is 0.178. The van der Waals surface area contributed by atoms with E-state index in [0.29, 0.717) is 0 Å². The fourth-order valence-corrected chi connectivity index (χ4v) is 7.64. The van der Waals surface area contributed by atoms with Crippen LogP contribution < -0.4 is 4.90 Å². The van der Waals surface area contributed by atoms with Crippen molar-refractivity contribution in [3.63, 3.8) is 0 Å². The Bertz CT molecular complexity index is 2430. The minimum absolute atomic E-state index is 0.0757. The van der Waals surface area contributed by atoms with Gasteiger partial charge in [-0.05, 0) is 111 Å². The summed E-state index contributed by atoms with van der Waals surface area (Å²) >= 11 is 0. The predicted molar refractivity (Wildman–Crippen MR) is 206 cm³/mol. The van der Waals surface area contributed by atoms with Crippen LogP contribution in [0.5, 0.6) is 0 Å². The van der Waals surface area contributed by atoms with E-state index in [0.717, 1.165) is 22.7 Å². The van der Waals surface area contributed by atoms with Crippen LogP contribution in [0.4, 0.5) is 17.1 Å².